The van der Waals surface area contributed by atoms with Crippen molar-refractivity contribution in [2.75, 3.05) is 0 Å². The van der Waals surface area contributed by atoms with Crippen LogP contribution >= 0.6 is 11.9 Å². The van der Waals surface area contributed by atoms with Crippen molar-refractivity contribution in [2.24, 2.45) is 15.9 Å². The summed E-state index contributed by atoms with van der Waals surface area (Å²) in [7, 11) is 0. The van der Waals surface area contributed by atoms with Gasteiger partial charge in [0.05, 0.1) is 11.9 Å². The lowest BCUT2D eigenvalue weighted by Crippen LogP contribution is -2.25. The standard InChI is InChI=1S/C16H22N4S/c1-13(21-20-15-10-6-3-7-11-15)19-16(12-18-17)14-8-4-2-5-9-14/h2,4-5,8-9,12,15,20H,1,3,6-7,10-11,17H2/b18-12-,19-16+. The van der Waals surface area contributed by atoms with Crippen LogP contribution in [0.2, 0.25) is 0 Å². The van der Waals surface area contributed by atoms with Crippen molar-refractivity contribution in [3.8, 4) is 0 Å². The highest BCUT2D eigenvalue weighted by Crippen LogP contribution is 2.22. The van der Waals surface area contributed by atoms with Crippen LogP contribution in [0.15, 0.2) is 52.0 Å². The molecule has 0 aromatic heterocycles. The van der Waals surface area contributed by atoms with Crippen molar-refractivity contribution in [3.05, 3.63) is 47.5 Å². The molecule has 1 aliphatic carbocycles. The molecular weight excluding hydrogens is 280 g/mol. The average Bonchev–Trinajstić information content (AvgIpc) is 2.54. The summed E-state index contributed by atoms with van der Waals surface area (Å²) >= 11 is 1.50. The van der Waals surface area contributed by atoms with E-state index in [0.717, 1.165) is 16.3 Å². The van der Waals surface area contributed by atoms with E-state index in [4.69, 9.17) is 5.84 Å². The second-order valence-corrected chi connectivity index (χ2v) is 6.00. The SMILES string of the molecule is C=C(/N=C(\C=N/N)c1ccccc1)SNC1CCCCC1. The molecule has 0 saturated heterocycles. The molecule has 5 heteroatoms. The van der Waals surface area contributed by atoms with Gasteiger partial charge in [0.2, 0.25) is 0 Å². The third-order valence-corrected chi connectivity index (χ3v) is 4.24. The molecule has 1 aromatic rings. The first kappa shape index (κ1) is 15.8. The minimum atomic E-state index is 0.569. The quantitative estimate of drug-likeness (QED) is 0.366. The van der Waals surface area contributed by atoms with Crippen molar-refractivity contribution in [1.29, 1.82) is 0 Å². The highest BCUT2D eigenvalue weighted by Gasteiger charge is 2.13. The Morgan fingerprint density at radius 1 is 1.24 bits per heavy atom. The van der Waals surface area contributed by atoms with E-state index >= 15 is 0 Å². The summed E-state index contributed by atoms with van der Waals surface area (Å²) in [5.74, 6) is 5.27. The second-order valence-electron chi connectivity index (χ2n) is 5.09. The fourth-order valence-corrected chi connectivity index (χ4v) is 3.06. The topological polar surface area (TPSA) is 62.8 Å². The summed E-state index contributed by atoms with van der Waals surface area (Å²) in [6.07, 6.45) is 8.00. The molecule has 1 fully saturated rings. The van der Waals surface area contributed by atoms with Gasteiger partial charge in [-0.15, -0.1) is 0 Å². The molecule has 0 bridgehead atoms. The van der Waals surface area contributed by atoms with E-state index in [2.05, 4.69) is 21.4 Å². The fraction of sp³-hybridized carbons (Fsp3) is 0.375. The molecule has 3 N–H and O–H groups in total. The predicted molar refractivity (Wildman–Crippen MR) is 92.4 cm³/mol. The highest BCUT2D eigenvalue weighted by atomic mass is 32.2. The zero-order valence-electron chi connectivity index (χ0n) is 12.2. The predicted octanol–water partition coefficient (Wildman–Crippen LogP) is 3.46. The number of aliphatic imine (C=N–C) groups is 1. The summed E-state index contributed by atoms with van der Waals surface area (Å²) in [5, 5.41) is 4.31. The van der Waals surface area contributed by atoms with Crippen LogP contribution in [0.1, 0.15) is 37.7 Å². The van der Waals surface area contributed by atoms with E-state index in [1.165, 1.54) is 44.1 Å². The molecule has 2 rings (SSSR count). The highest BCUT2D eigenvalue weighted by molar-refractivity contribution is 8.01. The number of hydrogen-bond donors (Lipinski definition) is 2. The van der Waals surface area contributed by atoms with Crippen LogP contribution in [0, 0.1) is 0 Å². The molecule has 4 nitrogen and oxygen atoms in total. The van der Waals surface area contributed by atoms with E-state index in [1.807, 2.05) is 30.3 Å². The smallest absolute Gasteiger partial charge is 0.105 e. The Morgan fingerprint density at radius 2 is 1.95 bits per heavy atom. The number of nitrogens with one attached hydrogen (secondary N) is 1. The zero-order valence-corrected chi connectivity index (χ0v) is 13.0. The Kier molecular flexibility index (Phi) is 6.50. The maximum absolute atomic E-state index is 5.27. The van der Waals surface area contributed by atoms with Crippen molar-refractivity contribution in [1.82, 2.24) is 4.72 Å². The molecule has 0 spiro atoms. The maximum Gasteiger partial charge on any atom is 0.105 e. The Labute approximate surface area is 130 Å². The molecule has 21 heavy (non-hydrogen) atoms. The van der Waals surface area contributed by atoms with Crippen molar-refractivity contribution < 1.29 is 0 Å². The van der Waals surface area contributed by atoms with Gasteiger partial charge < -0.3 is 5.84 Å². The summed E-state index contributed by atoms with van der Waals surface area (Å²) in [6.45, 7) is 4.00. The largest absolute Gasteiger partial charge is 0.323 e. The van der Waals surface area contributed by atoms with Crippen molar-refractivity contribution >= 4 is 23.9 Å². The average molecular weight is 302 g/mol. The van der Waals surface area contributed by atoms with Crippen LogP contribution in [0.25, 0.3) is 0 Å². The van der Waals surface area contributed by atoms with Gasteiger partial charge in [0.15, 0.2) is 0 Å². The lowest BCUT2D eigenvalue weighted by molar-refractivity contribution is 0.424. The van der Waals surface area contributed by atoms with Crippen molar-refractivity contribution in [2.45, 2.75) is 38.1 Å². The van der Waals surface area contributed by atoms with E-state index in [-0.39, 0.29) is 0 Å². The summed E-state index contributed by atoms with van der Waals surface area (Å²) < 4.78 is 3.45. The summed E-state index contributed by atoms with van der Waals surface area (Å²) in [4.78, 5) is 4.51. The number of rotatable bonds is 6. The molecule has 0 radical (unpaired) electrons. The molecule has 0 atom stereocenters. The molecule has 0 amide bonds. The first-order valence-electron chi connectivity index (χ1n) is 7.28. The van der Waals surface area contributed by atoms with Gasteiger partial charge in [0.25, 0.3) is 0 Å². The molecule has 112 valence electrons. The van der Waals surface area contributed by atoms with Crippen LogP contribution in [-0.4, -0.2) is 18.0 Å². The third kappa shape index (κ3) is 5.36. The van der Waals surface area contributed by atoms with Gasteiger partial charge in [-0.05, 0) is 24.8 Å². The Balaban J connectivity index is 1.95. The van der Waals surface area contributed by atoms with Gasteiger partial charge in [-0.25, -0.2) is 4.99 Å². The first-order chi connectivity index (χ1) is 10.3. The third-order valence-electron chi connectivity index (χ3n) is 3.46. The van der Waals surface area contributed by atoms with Crippen LogP contribution in [0.4, 0.5) is 0 Å². The minimum Gasteiger partial charge on any atom is -0.323 e. The molecule has 0 aliphatic heterocycles. The molecule has 0 heterocycles. The van der Waals surface area contributed by atoms with Crippen LogP contribution in [0.3, 0.4) is 0 Å². The van der Waals surface area contributed by atoms with Crippen LogP contribution in [0.5, 0.6) is 0 Å². The summed E-state index contributed by atoms with van der Waals surface area (Å²) in [6, 6.07) is 10.4. The fourth-order valence-electron chi connectivity index (χ4n) is 2.38. The number of hydrazone groups is 1. The van der Waals surface area contributed by atoms with Crippen LogP contribution in [-0.2, 0) is 0 Å². The molecule has 1 aromatic carbocycles. The summed E-state index contributed by atoms with van der Waals surface area (Å²) in [5.41, 5.74) is 1.70. The zero-order chi connectivity index (χ0) is 14.9. The van der Waals surface area contributed by atoms with Gasteiger partial charge in [-0.3, -0.25) is 4.72 Å². The lowest BCUT2D eigenvalue weighted by Gasteiger charge is -2.21. The normalized spacial score (nSPS) is 17.2. The number of nitrogens with zero attached hydrogens (tertiary/aromatic N) is 2. The minimum absolute atomic E-state index is 0.569. The molecule has 0 unspecified atom stereocenters. The monoisotopic (exact) mass is 302 g/mol. The van der Waals surface area contributed by atoms with E-state index in [9.17, 15) is 0 Å². The maximum atomic E-state index is 5.27. The number of nitrogens with two attached hydrogens (primary N) is 1. The van der Waals surface area contributed by atoms with Crippen LogP contribution < -0.4 is 10.6 Å². The van der Waals surface area contributed by atoms with E-state index < -0.39 is 0 Å². The number of benzene rings is 1. The first-order valence-corrected chi connectivity index (χ1v) is 8.10. The van der Waals surface area contributed by atoms with Gasteiger partial charge in [-0.1, -0.05) is 56.2 Å². The molecular formula is C16H22N4S. The second kappa shape index (κ2) is 8.64. The Morgan fingerprint density at radius 3 is 2.62 bits per heavy atom. The van der Waals surface area contributed by atoms with Gasteiger partial charge in [0, 0.05) is 11.6 Å². The van der Waals surface area contributed by atoms with E-state index in [1.54, 1.807) is 6.21 Å². The van der Waals surface area contributed by atoms with E-state index in [0.29, 0.717) is 6.04 Å². The van der Waals surface area contributed by atoms with Gasteiger partial charge >= 0.3 is 0 Å². The molecule has 1 aliphatic rings. The van der Waals surface area contributed by atoms with Crippen molar-refractivity contribution in [3.63, 3.8) is 0 Å². The van der Waals surface area contributed by atoms with Gasteiger partial charge in [0.1, 0.15) is 5.03 Å². The number of hydrogen-bond acceptors (Lipinski definition) is 5. The lowest BCUT2D eigenvalue weighted by atomic mass is 9.96. The Hall–Kier alpha value is -1.59. The van der Waals surface area contributed by atoms with Gasteiger partial charge in [-0.2, -0.15) is 5.10 Å². The Bertz CT molecular complexity index is 504. The molecule has 1 saturated carbocycles.